The summed E-state index contributed by atoms with van der Waals surface area (Å²) in [5.41, 5.74) is 1.30. The fraction of sp³-hybridized carbons (Fsp3) is 0.636. The SMILES string of the molecule is CN(C)C(=O)CN=C(NCCc1ccccc1)N1CCC(CN2CCOCC2)C1.I. The number of halogens is 1. The van der Waals surface area contributed by atoms with Gasteiger partial charge < -0.3 is 19.9 Å². The lowest BCUT2D eigenvalue weighted by Crippen LogP contribution is -2.43. The van der Waals surface area contributed by atoms with Crippen LogP contribution in [-0.2, 0) is 16.0 Å². The zero-order valence-electron chi connectivity index (χ0n) is 18.3. The van der Waals surface area contributed by atoms with Crippen LogP contribution >= 0.6 is 24.0 Å². The predicted molar refractivity (Wildman–Crippen MR) is 131 cm³/mol. The van der Waals surface area contributed by atoms with E-state index in [1.165, 1.54) is 12.0 Å². The smallest absolute Gasteiger partial charge is 0.243 e. The average Bonchev–Trinajstić information content (AvgIpc) is 3.20. The molecule has 1 amide bonds. The summed E-state index contributed by atoms with van der Waals surface area (Å²) in [5, 5.41) is 3.50. The Kier molecular flexibility index (Phi) is 10.9. The van der Waals surface area contributed by atoms with Gasteiger partial charge in [0.05, 0.1) is 13.2 Å². The molecule has 0 spiro atoms. The van der Waals surface area contributed by atoms with Crippen LogP contribution in [0.5, 0.6) is 0 Å². The number of hydrogen-bond donors (Lipinski definition) is 1. The molecule has 1 atom stereocenters. The number of guanidine groups is 1. The molecule has 1 aromatic rings. The lowest BCUT2D eigenvalue weighted by Gasteiger charge is -2.29. The Bertz CT molecular complexity index is 665. The molecule has 168 valence electrons. The highest BCUT2D eigenvalue weighted by Crippen LogP contribution is 2.18. The third kappa shape index (κ3) is 8.03. The first-order chi connectivity index (χ1) is 14.1. The largest absolute Gasteiger partial charge is 0.379 e. The fourth-order valence-corrected chi connectivity index (χ4v) is 3.84. The second kappa shape index (κ2) is 13.1. The van der Waals surface area contributed by atoms with Crippen molar-refractivity contribution in [1.29, 1.82) is 0 Å². The minimum absolute atomic E-state index is 0. The maximum atomic E-state index is 12.0. The minimum atomic E-state index is 0. The molecule has 0 saturated carbocycles. The number of nitrogens with zero attached hydrogens (tertiary/aromatic N) is 4. The van der Waals surface area contributed by atoms with E-state index in [-0.39, 0.29) is 36.4 Å². The van der Waals surface area contributed by atoms with Gasteiger partial charge in [-0.3, -0.25) is 9.69 Å². The first-order valence-electron chi connectivity index (χ1n) is 10.7. The van der Waals surface area contributed by atoms with Gasteiger partial charge >= 0.3 is 0 Å². The van der Waals surface area contributed by atoms with E-state index in [9.17, 15) is 4.79 Å². The summed E-state index contributed by atoms with van der Waals surface area (Å²) in [6.45, 7) is 7.84. The predicted octanol–water partition coefficient (Wildman–Crippen LogP) is 1.54. The number of likely N-dealkylation sites (tertiary alicyclic amines) is 1. The molecule has 0 radical (unpaired) electrons. The molecule has 2 aliphatic heterocycles. The van der Waals surface area contributed by atoms with Crippen LogP contribution in [-0.4, -0.2) is 99.7 Å². The first kappa shape index (κ1) is 24.9. The number of likely N-dealkylation sites (N-methyl/N-ethyl adjacent to an activating group) is 1. The molecule has 8 heteroatoms. The van der Waals surface area contributed by atoms with Crippen LogP contribution in [0.1, 0.15) is 12.0 Å². The maximum Gasteiger partial charge on any atom is 0.243 e. The number of carbonyl (C=O) groups excluding carboxylic acids is 1. The van der Waals surface area contributed by atoms with Gasteiger partial charge in [0.2, 0.25) is 5.91 Å². The van der Waals surface area contributed by atoms with Crippen molar-refractivity contribution in [1.82, 2.24) is 20.0 Å². The van der Waals surface area contributed by atoms with E-state index >= 15 is 0 Å². The van der Waals surface area contributed by atoms with Crippen molar-refractivity contribution in [2.75, 3.05) is 73.1 Å². The van der Waals surface area contributed by atoms with Gasteiger partial charge in [-0.2, -0.15) is 0 Å². The molecule has 3 rings (SSSR count). The normalized spacial score (nSPS) is 20.0. The van der Waals surface area contributed by atoms with E-state index in [2.05, 4.69) is 44.4 Å². The van der Waals surface area contributed by atoms with Crippen molar-refractivity contribution in [3.63, 3.8) is 0 Å². The molecule has 0 aliphatic carbocycles. The summed E-state index contributed by atoms with van der Waals surface area (Å²) in [5.74, 6) is 1.52. The maximum absolute atomic E-state index is 12.0. The van der Waals surface area contributed by atoms with Crippen LogP contribution in [0.15, 0.2) is 35.3 Å². The number of hydrogen-bond acceptors (Lipinski definition) is 4. The Morgan fingerprint density at radius 3 is 2.63 bits per heavy atom. The van der Waals surface area contributed by atoms with Crippen molar-refractivity contribution in [2.24, 2.45) is 10.9 Å². The highest BCUT2D eigenvalue weighted by Gasteiger charge is 2.27. The molecule has 2 fully saturated rings. The molecule has 30 heavy (non-hydrogen) atoms. The van der Waals surface area contributed by atoms with Crippen LogP contribution < -0.4 is 5.32 Å². The molecule has 7 nitrogen and oxygen atoms in total. The van der Waals surface area contributed by atoms with Crippen LogP contribution in [0.3, 0.4) is 0 Å². The van der Waals surface area contributed by atoms with E-state index in [4.69, 9.17) is 4.74 Å². The third-order valence-corrected chi connectivity index (χ3v) is 5.61. The highest BCUT2D eigenvalue weighted by molar-refractivity contribution is 14.0. The Morgan fingerprint density at radius 1 is 1.20 bits per heavy atom. The number of aliphatic imine (C=N–C) groups is 1. The summed E-state index contributed by atoms with van der Waals surface area (Å²) in [7, 11) is 3.54. The second-order valence-electron chi connectivity index (χ2n) is 8.10. The standard InChI is InChI=1S/C22H35N5O2.HI/c1-25(2)21(28)16-24-22(23-10-8-19-6-4-3-5-7-19)27-11-9-20(18-27)17-26-12-14-29-15-13-26;/h3-7,20H,8-18H2,1-2H3,(H,23,24);1H. The van der Waals surface area contributed by atoms with Crippen LogP contribution in [0.25, 0.3) is 0 Å². The summed E-state index contributed by atoms with van der Waals surface area (Å²) in [6.07, 6.45) is 2.10. The molecule has 2 aliphatic rings. The summed E-state index contributed by atoms with van der Waals surface area (Å²) in [4.78, 5) is 23.1. The Balaban J connectivity index is 0.00000320. The topological polar surface area (TPSA) is 60.4 Å². The van der Waals surface area contributed by atoms with Crippen molar-refractivity contribution < 1.29 is 9.53 Å². The van der Waals surface area contributed by atoms with Gasteiger partial charge in [-0.1, -0.05) is 30.3 Å². The molecule has 1 unspecified atom stereocenters. The van der Waals surface area contributed by atoms with Crippen molar-refractivity contribution >= 4 is 35.8 Å². The monoisotopic (exact) mass is 529 g/mol. The third-order valence-electron chi connectivity index (χ3n) is 5.61. The summed E-state index contributed by atoms with van der Waals surface area (Å²) < 4.78 is 5.46. The zero-order chi connectivity index (χ0) is 20.5. The van der Waals surface area contributed by atoms with Crippen molar-refractivity contribution in [3.8, 4) is 0 Å². The van der Waals surface area contributed by atoms with Gasteiger partial charge in [-0.05, 0) is 24.3 Å². The van der Waals surface area contributed by atoms with Gasteiger partial charge in [0.15, 0.2) is 5.96 Å². The number of amides is 1. The molecule has 2 heterocycles. The molecule has 1 aromatic carbocycles. The fourth-order valence-electron chi connectivity index (χ4n) is 3.84. The molecular formula is C22H36IN5O2. The molecule has 0 aromatic heterocycles. The number of rotatable bonds is 7. The number of ether oxygens (including phenoxy) is 1. The molecule has 2 saturated heterocycles. The minimum Gasteiger partial charge on any atom is -0.379 e. The molecular weight excluding hydrogens is 493 g/mol. The quantitative estimate of drug-likeness (QED) is 0.330. The van der Waals surface area contributed by atoms with Gasteiger partial charge in [0.1, 0.15) is 6.54 Å². The summed E-state index contributed by atoms with van der Waals surface area (Å²) >= 11 is 0. The van der Waals surface area contributed by atoms with Crippen LogP contribution in [0.2, 0.25) is 0 Å². The second-order valence-corrected chi connectivity index (χ2v) is 8.10. The number of benzene rings is 1. The average molecular weight is 529 g/mol. The Morgan fingerprint density at radius 2 is 1.93 bits per heavy atom. The van der Waals surface area contributed by atoms with E-state index in [1.54, 1.807) is 19.0 Å². The van der Waals surface area contributed by atoms with Gasteiger partial charge in [0.25, 0.3) is 0 Å². The van der Waals surface area contributed by atoms with E-state index in [0.29, 0.717) is 5.92 Å². The summed E-state index contributed by atoms with van der Waals surface area (Å²) in [6, 6.07) is 10.5. The van der Waals surface area contributed by atoms with Crippen molar-refractivity contribution in [3.05, 3.63) is 35.9 Å². The number of nitrogens with one attached hydrogen (secondary N) is 1. The Labute approximate surface area is 197 Å². The zero-order valence-corrected chi connectivity index (χ0v) is 20.6. The lowest BCUT2D eigenvalue weighted by atomic mass is 10.1. The molecule has 0 bridgehead atoms. The van der Waals surface area contributed by atoms with Gasteiger partial charge in [0, 0.05) is 53.4 Å². The van der Waals surface area contributed by atoms with E-state index in [0.717, 1.165) is 64.9 Å². The van der Waals surface area contributed by atoms with Crippen LogP contribution in [0.4, 0.5) is 0 Å². The van der Waals surface area contributed by atoms with Gasteiger partial charge in [-0.15, -0.1) is 24.0 Å². The number of morpholine rings is 1. The first-order valence-corrected chi connectivity index (χ1v) is 10.7. The Hall–Kier alpha value is -1.39. The van der Waals surface area contributed by atoms with Crippen LogP contribution in [0, 0.1) is 5.92 Å². The molecule has 1 N–H and O–H groups in total. The van der Waals surface area contributed by atoms with Gasteiger partial charge in [-0.25, -0.2) is 4.99 Å². The van der Waals surface area contributed by atoms with Crippen molar-refractivity contribution in [2.45, 2.75) is 12.8 Å². The van der Waals surface area contributed by atoms with E-state index < -0.39 is 0 Å². The number of carbonyl (C=O) groups is 1. The highest BCUT2D eigenvalue weighted by atomic mass is 127. The van der Waals surface area contributed by atoms with E-state index in [1.807, 2.05) is 6.07 Å². The lowest BCUT2D eigenvalue weighted by molar-refractivity contribution is -0.127.